The summed E-state index contributed by atoms with van der Waals surface area (Å²) in [6.45, 7) is 3.40. The van der Waals surface area contributed by atoms with E-state index < -0.39 is 54.0 Å². The topological polar surface area (TPSA) is 191 Å². The van der Waals surface area contributed by atoms with E-state index in [1.165, 1.54) is 20.8 Å². The van der Waals surface area contributed by atoms with Crippen LogP contribution in [0, 0.1) is 0 Å². The first-order chi connectivity index (χ1) is 11.0. The van der Waals surface area contributed by atoms with Crippen molar-refractivity contribution in [2.24, 2.45) is 5.73 Å². The number of carboxylic acid groups (broad SMARTS) is 1. The van der Waals surface area contributed by atoms with Gasteiger partial charge in [0.05, 0.1) is 18.8 Å². The summed E-state index contributed by atoms with van der Waals surface area (Å²) in [6.07, 6.45) is -2.74. The average molecular weight is 348 g/mol. The summed E-state index contributed by atoms with van der Waals surface area (Å²) in [6, 6.07) is -4.11. The normalized spacial score (nSPS) is 16.9. The third kappa shape index (κ3) is 6.89. The molecular formula is C13H24N4O7. The Bertz CT molecular complexity index is 481. The van der Waals surface area contributed by atoms with E-state index in [9.17, 15) is 29.4 Å². The maximum absolute atomic E-state index is 12.1. The highest BCUT2D eigenvalue weighted by Gasteiger charge is 2.32. The number of rotatable bonds is 9. The molecule has 0 spiro atoms. The van der Waals surface area contributed by atoms with Gasteiger partial charge in [-0.3, -0.25) is 14.4 Å². The molecule has 3 amide bonds. The number of aliphatic carboxylic acids is 1. The van der Waals surface area contributed by atoms with Gasteiger partial charge in [-0.2, -0.15) is 0 Å². The van der Waals surface area contributed by atoms with Crippen molar-refractivity contribution in [3.8, 4) is 0 Å². The van der Waals surface area contributed by atoms with Crippen molar-refractivity contribution in [2.75, 3.05) is 6.54 Å². The van der Waals surface area contributed by atoms with Gasteiger partial charge in [0.1, 0.15) is 12.1 Å². The number of nitrogens with two attached hydrogens (primary N) is 1. The second-order valence-corrected chi connectivity index (χ2v) is 5.29. The van der Waals surface area contributed by atoms with E-state index in [0.29, 0.717) is 0 Å². The maximum atomic E-state index is 12.1. The zero-order chi connectivity index (χ0) is 19.0. The van der Waals surface area contributed by atoms with Crippen LogP contribution < -0.4 is 21.7 Å². The highest BCUT2D eigenvalue weighted by atomic mass is 16.4. The summed E-state index contributed by atoms with van der Waals surface area (Å²) in [7, 11) is 0. The highest BCUT2D eigenvalue weighted by Crippen LogP contribution is 1.99. The number of carboxylic acids is 1. The molecule has 5 unspecified atom stereocenters. The van der Waals surface area contributed by atoms with E-state index in [1.807, 2.05) is 5.32 Å². The van der Waals surface area contributed by atoms with Crippen LogP contribution in [-0.4, -0.2) is 75.9 Å². The molecule has 11 nitrogen and oxygen atoms in total. The average Bonchev–Trinajstić information content (AvgIpc) is 2.48. The predicted molar refractivity (Wildman–Crippen MR) is 81.5 cm³/mol. The van der Waals surface area contributed by atoms with E-state index in [2.05, 4.69) is 10.6 Å². The highest BCUT2D eigenvalue weighted by molar-refractivity contribution is 5.93. The minimum atomic E-state index is -1.61. The molecule has 0 heterocycles. The summed E-state index contributed by atoms with van der Waals surface area (Å²) in [5.41, 5.74) is 5.10. The fourth-order valence-corrected chi connectivity index (χ4v) is 1.68. The summed E-state index contributed by atoms with van der Waals surface area (Å²) in [5, 5.41) is 34.4. The van der Waals surface area contributed by atoms with Crippen LogP contribution in [0.5, 0.6) is 0 Å². The number of carbonyl (C=O) groups excluding carboxylic acids is 3. The SMILES string of the molecule is CC(NC(=O)CN)C(=O)NC(C(=O)NC(C(=O)O)C(C)O)C(C)O. The maximum Gasteiger partial charge on any atom is 0.328 e. The van der Waals surface area contributed by atoms with Gasteiger partial charge in [0.25, 0.3) is 0 Å². The number of amides is 3. The van der Waals surface area contributed by atoms with Crippen LogP contribution in [-0.2, 0) is 19.2 Å². The summed E-state index contributed by atoms with van der Waals surface area (Å²) >= 11 is 0. The summed E-state index contributed by atoms with van der Waals surface area (Å²) < 4.78 is 0. The van der Waals surface area contributed by atoms with Gasteiger partial charge < -0.3 is 37.0 Å². The predicted octanol–water partition coefficient (Wildman–Crippen LogP) is -3.73. The van der Waals surface area contributed by atoms with Crippen LogP contribution in [0.1, 0.15) is 20.8 Å². The molecule has 5 atom stereocenters. The van der Waals surface area contributed by atoms with Gasteiger partial charge in [-0.25, -0.2) is 4.79 Å². The summed E-state index contributed by atoms with van der Waals surface area (Å²) in [5.74, 6) is -3.83. The molecule has 0 saturated heterocycles. The Morgan fingerprint density at radius 1 is 0.875 bits per heavy atom. The lowest BCUT2D eigenvalue weighted by Gasteiger charge is -2.25. The lowest BCUT2D eigenvalue weighted by molar-refractivity contribution is -0.145. The Morgan fingerprint density at radius 2 is 1.33 bits per heavy atom. The molecule has 0 fully saturated rings. The Hall–Kier alpha value is -2.24. The molecule has 0 saturated carbocycles. The molecule has 0 rings (SSSR count). The smallest absolute Gasteiger partial charge is 0.328 e. The largest absolute Gasteiger partial charge is 0.480 e. The van der Waals surface area contributed by atoms with Crippen LogP contribution in [0.4, 0.5) is 0 Å². The van der Waals surface area contributed by atoms with Crippen LogP contribution in [0.2, 0.25) is 0 Å². The molecule has 0 aromatic carbocycles. The molecule has 0 bridgehead atoms. The molecule has 0 radical (unpaired) electrons. The first-order valence-electron chi connectivity index (χ1n) is 7.20. The minimum absolute atomic E-state index is 0.327. The second kappa shape index (κ2) is 9.80. The second-order valence-electron chi connectivity index (χ2n) is 5.29. The lowest BCUT2D eigenvalue weighted by Crippen LogP contribution is -2.60. The Balaban J connectivity index is 4.97. The molecule has 0 aliphatic carbocycles. The van der Waals surface area contributed by atoms with Gasteiger partial charge in [0.2, 0.25) is 17.7 Å². The van der Waals surface area contributed by atoms with E-state index >= 15 is 0 Å². The zero-order valence-corrected chi connectivity index (χ0v) is 13.6. The Kier molecular flexibility index (Phi) is 8.89. The van der Waals surface area contributed by atoms with Crippen LogP contribution in [0.15, 0.2) is 0 Å². The fourth-order valence-electron chi connectivity index (χ4n) is 1.68. The molecule has 0 aromatic heterocycles. The number of hydrogen-bond donors (Lipinski definition) is 7. The van der Waals surface area contributed by atoms with Gasteiger partial charge in [0.15, 0.2) is 6.04 Å². The number of aliphatic hydroxyl groups excluding tert-OH is 2. The number of hydrogen-bond acceptors (Lipinski definition) is 7. The fraction of sp³-hybridized carbons (Fsp3) is 0.692. The lowest BCUT2D eigenvalue weighted by atomic mass is 10.1. The van der Waals surface area contributed by atoms with Crippen LogP contribution >= 0.6 is 0 Å². The van der Waals surface area contributed by atoms with Crippen molar-refractivity contribution in [2.45, 2.75) is 51.1 Å². The molecule has 11 heteroatoms. The van der Waals surface area contributed by atoms with Gasteiger partial charge in [0, 0.05) is 0 Å². The molecule has 0 aliphatic rings. The molecule has 8 N–H and O–H groups in total. The molecule has 0 aliphatic heterocycles. The van der Waals surface area contributed by atoms with Crippen molar-refractivity contribution in [3.05, 3.63) is 0 Å². The van der Waals surface area contributed by atoms with Crippen molar-refractivity contribution >= 4 is 23.7 Å². The van der Waals surface area contributed by atoms with E-state index in [4.69, 9.17) is 10.8 Å². The van der Waals surface area contributed by atoms with E-state index in [1.54, 1.807) is 0 Å². The zero-order valence-electron chi connectivity index (χ0n) is 13.6. The molecule has 0 aromatic rings. The standard InChI is InChI=1S/C13H24N4O7/c1-5(15-8(20)4-14)11(21)16-9(6(2)18)12(22)17-10(7(3)19)13(23)24/h5-7,9-10,18-19H,4,14H2,1-3H3,(H,15,20)(H,16,21)(H,17,22)(H,23,24). The summed E-state index contributed by atoms with van der Waals surface area (Å²) in [4.78, 5) is 46.1. The molecule has 24 heavy (non-hydrogen) atoms. The van der Waals surface area contributed by atoms with E-state index in [0.717, 1.165) is 0 Å². The Labute approximate surface area is 138 Å². The quantitative estimate of drug-likeness (QED) is 0.221. The number of aliphatic hydroxyl groups is 2. The monoisotopic (exact) mass is 348 g/mol. The van der Waals surface area contributed by atoms with Crippen LogP contribution in [0.3, 0.4) is 0 Å². The number of carbonyl (C=O) groups is 4. The molecular weight excluding hydrogens is 324 g/mol. The van der Waals surface area contributed by atoms with Gasteiger partial charge in [-0.15, -0.1) is 0 Å². The van der Waals surface area contributed by atoms with Crippen molar-refractivity contribution in [3.63, 3.8) is 0 Å². The third-order valence-electron chi connectivity index (χ3n) is 3.07. The van der Waals surface area contributed by atoms with E-state index in [-0.39, 0.29) is 6.54 Å². The first-order valence-corrected chi connectivity index (χ1v) is 7.20. The van der Waals surface area contributed by atoms with Crippen molar-refractivity contribution in [1.29, 1.82) is 0 Å². The number of nitrogens with one attached hydrogen (secondary N) is 3. The molecule has 138 valence electrons. The van der Waals surface area contributed by atoms with Crippen molar-refractivity contribution in [1.82, 2.24) is 16.0 Å². The van der Waals surface area contributed by atoms with Crippen LogP contribution in [0.25, 0.3) is 0 Å². The van der Waals surface area contributed by atoms with Gasteiger partial charge >= 0.3 is 5.97 Å². The minimum Gasteiger partial charge on any atom is -0.480 e. The Morgan fingerprint density at radius 3 is 1.71 bits per heavy atom. The van der Waals surface area contributed by atoms with Crippen molar-refractivity contribution < 1.29 is 34.5 Å². The first kappa shape index (κ1) is 21.8. The van der Waals surface area contributed by atoms with Gasteiger partial charge in [-0.1, -0.05) is 0 Å². The van der Waals surface area contributed by atoms with Gasteiger partial charge in [-0.05, 0) is 20.8 Å². The third-order valence-corrected chi connectivity index (χ3v) is 3.07.